The molecule has 0 N–H and O–H groups in total. The Bertz CT molecular complexity index is 750. The molecule has 0 saturated heterocycles. The van der Waals surface area contributed by atoms with Gasteiger partial charge in [0.2, 0.25) is 5.39 Å². The summed E-state index contributed by atoms with van der Waals surface area (Å²) in [6, 6.07) is 6.83. The van der Waals surface area contributed by atoms with Crippen molar-refractivity contribution in [3.05, 3.63) is 35.3 Å². The third-order valence-corrected chi connectivity index (χ3v) is 3.66. The van der Waals surface area contributed by atoms with Crippen LogP contribution in [0.25, 0.3) is 15.7 Å². The van der Waals surface area contributed by atoms with E-state index in [1.54, 1.807) is 6.07 Å². The molecule has 0 amide bonds. The van der Waals surface area contributed by atoms with Crippen LogP contribution in [0, 0.1) is 5.39 Å². The number of hydrogen-bond acceptors (Lipinski definition) is 4. The van der Waals surface area contributed by atoms with E-state index in [1.165, 1.54) is 18.2 Å². The van der Waals surface area contributed by atoms with Gasteiger partial charge in [0.25, 0.3) is 9.05 Å². The maximum atomic E-state index is 11.7. The summed E-state index contributed by atoms with van der Waals surface area (Å²) in [5.41, 5.74) is -0.151. The maximum Gasteiger partial charge on any atom is 0.378 e. The lowest BCUT2D eigenvalue weighted by molar-refractivity contribution is -0.264. The van der Waals surface area contributed by atoms with Gasteiger partial charge in [-0.15, -0.1) is 0 Å². The molecule has 86 valence electrons. The van der Waals surface area contributed by atoms with Crippen molar-refractivity contribution in [3.8, 4) is 5.75 Å². The molecule has 2 aromatic carbocycles. The molecule has 0 aliphatic heterocycles. The number of hydrogen-bond donors (Lipinski definition) is 0. The fraction of sp³-hybridized carbons (Fsp3) is 0. The van der Waals surface area contributed by atoms with Crippen LogP contribution in [0.5, 0.6) is 5.75 Å². The third kappa shape index (κ3) is 2.02. The van der Waals surface area contributed by atoms with Crippen molar-refractivity contribution in [2.24, 2.45) is 0 Å². The van der Waals surface area contributed by atoms with E-state index < -0.39 is 14.8 Å². The Balaban J connectivity index is 2.85. The van der Waals surface area contributed by atoms with Gasteiger partial charge in [-0.1, -0.05) is 6.07 Å². The number of diazo groups is 1. The van der Waals surface area contributed by atoms with Gasteiger partial charge in [0.05, 0.1) is 4.90 Å². The largest absolute Gasteiger partial charge is 0.867 e. The van der Waals surface area contributed by atoms with E-state index >= 15 is 0 Å². The predicted molar refractivity (Wildman–Crippen MR) is 61.2 cm³/mol. The molecule has 0 radical (unpaired) electrons. The Morgan fingerprint density at radius 2 is 1.88 bits per heavy atom. The minimum absolute atomic E-state index is 0.141. The predicted octanol–water partition coefficient (Wildman–Crippen LogP) is 2.33. The quantitative estimate of drug-likeness (QED) is 0.587. The first-order chi connectivity index (χ1) is 7.93. The lowest BCUT2D eigenvalue weighted by Gasteiger charge is -2.07. The molecule has 7 heteroatoms. The normalized spacial score (nSPS) is 11.3. The molecule has 5 nitrogen and oxygen atoms in total. The van der Waals surface area contributed by atoms with Gasteiger partial charge in [-0.3, -0.25) is 0 Å². The first-order valence-corrected chi connectivity index (χ1v) is 6.78. The zero-order valence-electron chi connectivity index (χ0n) is 8.29. The summed E-state index contributed by atoms with van der Waals surface area (Å²) < 4.78 is 22.3. The minimum atomic E-state index is -3.89. The molecule has 0 unspecified atom stereocenters. The van der Waals surface area contributed by atoms with E-state index in [0.717, 1.165) is 6.07 Å². The smallest absolute Gasteiger partial charge is 0.378 e. The van der Waals surface area contributed by atoms with Crippen LogP contribution in [0.3, 0.4) is 0 Å². The molecule has 2 aromatic rings. The van der Waals surface area contributed by atoms with E-state index in [0.29, 0.717) is 5.39 Å². The Morgan fingerprint density at radius 3 is 2.47 bits per heavy atom. The maximum absolute atomic E-state index is 11.7. The van der Waals surface area contributed by atoms with Crippen molar-refractivity contribution in [2.45, 2.75) is 4.90 Å². The molecule has 0 aliphatic rings. The van der Waals surface area contributed by atoms with Crippen LogP contribution in [0.1, 0.15) is 0 Å². The second-order valence-corrected chi connectivity index (χ2v) is 5.90. The van der Waals surface area contributed by atoms with Crippen LogP contribution in [0.15, 0.2) is 35.2 Å². The van der Waals surface area contributed by atoms with Crippen LogP contribution in [0.4, 0.5) is 5.69 Å². The van der Waals surface area contributed by atoms with Gasteiger partial charge in [-0.2, -0.15) is 0 Å². The first kappa shape index (κ1) is 11.6. The highest BCUT2D eigenvalue weighted by molar-refractivity contribution is 8.13. The zero-order chi connectivity index (χ0) is 12.6. The van der Waals surface area contributed by atoms with E-state index in [4.69, 9.17) is 16.1 Å². The van der Waals surface area contributed by atoms with Crippen LogP contribution in [0.2, 0.25) is 0 Å². The Morgan fingerprint density at radius 1 is 1.24 bits per heavy atom. The number of halogens is 1. The van der Waals surface area contributed by atoms with Gasteiger partial charge in [0.15, 0.2) is 4.98 Å². The molecule has 0 aromatic heterocycles. The molecule has 2 rings (SSSR count). The fourth-order valence-corrected chi connectivity index (χ4v) is 2.27. The average molecular weight is 269 g/mol. The summed E-state index contributed by atoms with van der Waals surface area (Å²) in [6.45, 7) is 0. The SMILES string of the molecule is N#[N+]c1ccc2ccc(S(=O)(=O)Cl)cc2c1[O-]. The van der Waals surface area contributed by atoms with Crippen molar-refractivity contribution in [1.82, 2.24) is 0 Å². The molecule has 0 atom stereocenters. The van der Waals surface area contributed by atoms with E-state index in [2.05, 4.69) is 4.98 Å². The summed E-state index contributed by atoms with van der Waals surface area (Å²) in [4.78, 5) is 2.65. The monoisotopic (exact) mass is 268 g/mol. The number of fused-ring (bicyclic) bond motifs is 1. The molecule has 0 fully saturated rings. The summed E-state index contributed by atoms with van der Waals surface area (Å²) in [7, 11) is 1.29. The summed E-state index contributed by atoms with van der Waals surface area (Å²) in [6.07, 6.45) is 0. The van der Waals surface area contributed by atoms with Gasteiger partial charge >= 0.3 is 5.69 Å². The fourth-order valence-electron chi connectivity index (χ4n) is 1.49. The number of rotatable bonds is 1. The van der Waals surface area contributed by atoms with Crippen LogP contribution >= 0.6 is 10.7 Å². The summed E-state index contributed by atoms with van der Waals surface area (Å²) in [5.74, 6) is -0.549. The van der Waals surface area contributed by atoms with E-state index in [1.807, 2.05) is 0 Å². The van der Waals surface area contributed by atoms with Crippen molar-refractivity contribution < 1.29 is 13.5 Å². The highest BCUT2D eigenvalue weighted by Gasteiger charge is 2.13. The Kier molecular flexibility index (Phi) is 2.65. The minimum Gasteiger partial charge on any atom is -0.867 e. The van der Waals surface area contributed by atoms with E-state index in [-0.39, 0.29) is 16.0 Å². The summed E-state index contributed by atoms with van der Waals surface area (Å²) in [5, 5.41) is 21.0. The van der Waals surface area contributed by atoms with Gasteiger partial charge in [-0.25, -0.2) is 8.42 Å². The molecule has 0 aliphatic carbocycles. The Labute approximate surface area is 101 Å². The molecular weight excluding hydrogens is 264 g/mol. The molecule has 17 heavy (non-hydrogen) atoms. The third-order valence-electron chi connectivity index (χ3n) is 2.31. The van der Waals surface area contributed by atoms with E-state index in [9.17, 15) is 13.5 Å². The molecule has 0 heterocycles. The van der Waals surface area contributed by atoms with Gasteiger partial charge in [-0.05, 0) is 34.7 Å². The molecule has 0 bridgehead atoms. The second-order valence-electron chi connectivity index (χ2n) is 3.33. The van der Waals surface area contributed by atoms with Gasteiger partial charge < -0.3 is 5.11 Å². The van der Waals surface area contributed by atoms with Crippen molar-refractivity contribution >= 4 is 36.2 Å². The topological polar surface area (TPSA) is 85.3 Å². The summed E-state index contributed by atoms with van der Waals surface area (Å²) >= 11 is 0. The standard InChI is InChI=1S/C10H5ClN2O3S/c11-17(15,16)7-3-1-6-2-4-9(13-12)10(14)8(6)5-7/h1-5H. The average Bonchev–Trinajstić information content (AvgIpc) is 2.28. The van der Waals surface area contributed by atoms with Crippen LogP contribution in [-0.2, 0) is 9.05 Å². The van der Waals surface area contributed by atoms with Crippen molar-refractivity contribution in [1.29, 1.82) is 5.39 Å². The molecular formula is C10H5ClN2O3S. The van der Waals surface area contributed by atoms with Crippen molar-refractivity contribution in [2.75, 3.05) is 0 Å². The lowest BCUT2D eigenvalue weighted by Crippen LogP contribution is -1.94. The molecule has 0 saturated carbocycles. The number of nitrogens with zero attached hydrogens (tertiary/aromatic N) is 2. The zero-order valence-corrected chi connectivity index (χ0v) is 9.86. The van der Waals surface area contributed by atoms with Crippen LogP contribution in [-0.4, -0.2) is 8.42 Å². The Hall–Kier alpha value is -1.84. The highest BCUT2D eigenvalue weighted by Crippen LogP contribution is 2.34. The second kappa shape index (κ2) is 3.87. The highest BCUT2D eigenvalue weighted by atomic mass is 35.7. The van der Waals surface area contributed by atoms with Gasteiger partial charge in [0.1, 0.15) is 0 Å². The molecule has 0 spiro atoms. The van der Waals surface area contributed by atoms with Gasteiger partial charge in [0, 0.05) is 16.7 Å². The lowest BCUT2D eigenvalue weighted by atomic mass is 10.1. The van der Waals surface area contributed by atoms with Crippen LogP contribution < -0.4 is 5.11 Å². The number of benzene rings is 2. The van der Waals surface area contributed by atoms with Crippen molar-refractivity contribution in [3.63, 3.8) is 0 Å². The first-order valence-electron chi connectivity index (χ1n) is 4.47.